The molecule has 1 atom stereocenters. The van der Waals surface area contributed by atoms with E-state index in [4.69, 9.17) is 23.2 Å². The van der Waals surface area contributed by atoms with Gasteiger partial charge in [0.15, 0.2) is 0 Å². The van der Waals surface area contributed by atoms with Crippen molar-refractivity contribution in [2.75, 3.05) is 23.7 Å². The minimum Gasteiger partial charge on any atom is -0.355 e. The first-order valence-corrected chi connectivity index (χ1v) is 14.3. The largest absolute Gasteiger partial charge is 0.355 e. The highest BCUT2D eigenvalue weighted by Crippen LogP contribution is 2.28. The van der Waals surface area contributed by atoms with Crippen molar-refractivity contribution in [3.05, 3.63) is 100 Å². The van der Waals surface area contributed by atoms with Crippen molar-refractivity contribution in [2.45, 2.75) is 25.9 Å². The van der Waals surface area contributed by atoms with Crippen LogP contribution in [0.2, 0.25) is 10.0 Å². The van der Waals surface area contributed by atoms with Gasteiger partial charge in [0.2, 0.25) is 21.8 Å². The molecule has 0 radical (unpaired) electrons. The van der Waals surface area contributed by atoms with E-state index in [1.807, 2.05) is 30.3 Å². The van der Waals surface area contributed by atoms with Crippen molar-refractivity contribution >= 4 is 50.7 Å². The van der Waals surface area contributed by atoms with Crippen LogP contribution in [0.5, 0.6) is 0 Å². The smallest absolute Gasteiger partial charge is 0.244 e. The fourth-order valence-electron chi connectivity index (χ4n) is 3.93. The molecule has 0 aliphatic rings. The Balaban J connectivity index is 2.05. The summed E-state index contributed by atoms with van der Waals surface area (Å²) in [5.41, 5.74) is 1.74. The third-order valence-electron chi connectivity index (χ3n) is 5.66. The van der Waals surface area contributed by atoms with Crippen LogP contribution < -0.4 is 9.62 Å². The Bertz CT molecular complexity index is 1340. The van der Waals surface area contributed by atoms with Crippen LogP contribution in [-0.2, 0) is 32.6 Å². The number of sulfonamides is 1. The van der Waals surface area contributed by atoms with E-state index in [0.717, 1.165) is 16.1 Å². The van der Waals surface area contributed by atoms with Crippen molar-refractivity contribution < 1.29 is 18.0 Å². The molecule has 3 aromatic rings. The number of nitrogens with zero attached hydrogens (tertiary/aromatic N) is 2. The second-order valence-corrected chi connectivity index (χ2v) is 11.2. The van der Waals surface area contributed by atoms with E-state index in [1.54, 1.807) is 49.4 Å². The lowest BCUT2D eigenvalue weighted by atomic mass is 10.0. The van der Waals surface area contributed by atoms with Crippen LogP contribution in [0.25, 0.3) is 0 Å². The van der Waals surface area contributed by atoms with Crippen molar-refractivity contribution in [3.63, 3.8) is 0 Å². The summed E-state index contributed by atoms with van der Waals surface area (Å²) in [4.78, 5) is 28.6. The SMILES string of the molecule is CCNC(=O)[C@H](Cc1ccccc1)N(Cc1cccc(Cl)c1)C(=O)CN(c1ccccc1Cl)S(C)(=O)=O. The molecule has 0 fully saturated rings. The Morgan fingerprint density at radius 3 is 2.19 bits per heavy atom. The maximum absolute atomic E-state index is 13.9. The number of likely N-dealkylation sites (N-methyl/N-ethyl adjacent to an activating group) is 1. The summed E-state index contributed by atoms with van der Waals surface area (Å²) in [7, 11) is -3.88. The Labute approximate surface area is 228 Å². The molecule has 0 spiro atoms. The van der Waals surface area contributed by atoms with Crippen LogP contribution in [0.3, 0.4) is 0 Å². The number of hydrogen-bond donors (Lipinski definition) is 1. The van der Waals surface area contributed by atoms with Crippen molar-refractivity contribution in [2.24, 2.45) is 0 Å². The molecule has 3 aromatic carbocycles. The van der Waals surface area contributed by atoms with Gasteiger partial charge in [-0.2, -0.15) is 0 Å². The van der Waals surface area contributed by atoms with E-state index in [-0.39, 0.29) is 29.6 Å². The third-order valence-corrected chi connectivity index (χ3v) is 7.35. The molecule has 0 aliphatic carbocycles. The number of anilines is 1. The van der Waals surface area contributed by atoms with Gasteiger partial charge in [0.05, 0.1) is 17.0 Å². The van der Waals surface area contributed by atoms with E-state index >= 15 is 0 Å². The summed E-state index contributed by atoms with van der Waals surface area (Å²) in [6, 6.07) is 21.8. The number of rotatable bonds is 11. The van der Waals surface area contributed by atoms with Gasteiger partial charge >= 0.3 is 0 Å². The lowest BCUT2D eigenvalue weighted by Crippen LogP contribution is -2.53. The van der Waals surface area contributed by atoms with E-state index < -0.39 is 28.5 Å². The van der Waals surface area contributed by atoms with E-state index in [0.29, 0.717) is 17.1 Å². The van der Waals surface area contributed by atoms with Gasteiger partial charge in [0.1, 0.15) is 12.6 Å². The van der Waals surface area contributed by atoms with E-state index in [1.165, 1.54) is 11.0 Å². The first kappa shape index (κ1) is 28.5. The number of benzene rings is 3. The van der Waals surface area contributed by atoms with Gasteiger partial charge in [-0.25, -0.2) is 8.42 Å². The maximum Gasteiger partial charge on any atom is 0.244 e. The third kappa shape index (κ3) is 7.95. The van der Waals surface area contributed by atoms with Crippen molar-refractivity contribution in [1.29, 1.82) is 0 Å². The summed E-state index contributed by atoms with van der Waals surface area (Å²) in [5.74, 6) is -0.900. The molecule has 2 amide bonds. The van der Waals surface area contributed by atoms with Crippen LogP contribution in [0.15, 0.2) is 78.9 Å². The quantitative estimate of drug-likeness (QED) is 0.372. The van der Waals surface area contributed by atoms with Gasteiger partial charge in [-0.15, -0.1) is 0 Å². The second-order valence-electron chi connectivity index (χ2n) is 8.47. The van der Waals surface area contributed by atoms with Gasteiger partial charge < -0.3 is 10.2 Å². The van der Waals surface area contributed by atoms with Crippen LogP contribution in [0.1, 0.15) is 18.1 Å². The van der Waals surface area contributed by atoms with Crippen LogP contribution >= 0.6 is 23.2 Å². The molecule has 0 aromatic heterocycles. The van der Waals surface area contributed by atoms with Gasteiger partial charge in [-0.3, -0.25) is 13.9 Å². The molecule has 0 heterocycles. The zero-order valence-corrected chi connectivity index (χ0v) is 22.9. The molecular formula is C27H29Cl2N3O4S. The molecule has 3 rings (SSSR count). The standard InChI is InChI=1S/C27H29Cl2N3O4S/c1-3-30-27(34)25(17-20-10-5-4-6-11-20)31(18-21-12-9-13-22(28)16-21)26(33)19-32(37(2,35)36)24-15-8-7-14-23(24)29/h4-16,25H,3,17-19H2,1-2H3,(H,30,34)/t25-/m0/s1. The number of carbonyl (C=O) groups is 2. The normalized spacial score (nSPS) is 12.0. The predicted octanol–water partition coefficient (Wildman–Crippen LogP) is 4.54. The molecule has 0 bridgehead atoms. The highest BCUT2D eigenvalue weighted by molar-refractivity contribution is 7.92. The Hall–Kier alpha value is -3.07. The lowest BCUT2D eigenvalue weighted by molar-refractivity contribution is -0.140. The number of carbonyl (C=O) groups excluding carboxylic acids is 2. The van der Waals surface area contributed by atoms with Crippen LogP contribution in [0, 0.1) is 0 Å². The molecule has 10 heteroatoms. The van der Waals surface area contributed by atoms with Crippen LogP contribution in [0.4, 0.5) is 5.69 Å². The average Bonchev–Trinajstić information content (AvgIpc) is 2.85. The van der Waals surface area contributed by atoms with Crippen LogP contribution in [-0.4, -0.2) is 50.5 Å². The summed E-state index contributed by atoms with van der Waals surface area (Å²) in [5, 5.41) is 3.48. The summed E-state index contributed by atoms with van der Waals surface area (Å²) < 4.78 is 26.4. The number of nitrogens with one attached hydrogen (secondary N) is 1. The second kappa shape index (κ2) is 12.9. The average molecular weight is 563 g/mol. The van der Waals surface area contributed by atoms with E-state index in [9.17, 15) is 18.0 Å². The first-order valence-electron chi connectivity index (χ1n) is 11.7. The predicted molar refractivity (Wildman–Crippen MR) is 148 cm³/mol. The van der Waals surface area contributed by atoms with Gasteiger partial charge in [-0.1, -0.05) is 77.8 Å². The molecule has 37 heavy (non-hydrogen) atoms. The highest BCUT2D eigenvalue weighted by Gasteiger charge is 2.33. The van der Waals surface area contributed by atoms with Crippen molar-refractivity contribution in [1.82, 2.24) is 10.2 Å². The van der Waals surface area contributed by atoms with Gasteiger partial charge in [0, 0.05) is 24.5 Å². The highest BCUT2D eigenvalue weighted by atomic mass is 35.5. The molecule has 196 valence electrons. The fraction of sp³-hybridized carbons (Fsp3) is 0.259. The molecule has 0 saturated heterocycles. The summed E-state index contributed by atoms with van der Waals surface area (Å²) in [6.45, 7) is 1.68. The molecule has 0 unspecified atom stereocenters. The molecule has 0 saturated carbocycles. The number of para-hydroxylation sites is 1. The maximum atomic E-state index is 13.9. The lowest BCUT2D eigenvalue weighted by Gasteiger charge is -2.33. The van der Waals surface area contributed by atoms with Crippen molar-refractivity contribution in [3.8, 4) is 0 Å². The zero-order valence-electron chi connectivity index (χ0n) is 20.6. The Morgan fingerprint density at radius 1 is 0.919 bits per heavy atom. The minimum absolute atomic E-state index is 0.0498. The summed E-state index contributed by atoms with van der Waals surface area (Å²) in [6.07, 6.45) is 1.25. The minimum atomic E-state index is -3.88. The zero-order chi connectivity index (χ0) is 27.0. The van der Waals surface area contributed by atoms with E-state index in [2.05, 4.69) is 5.32 Å². The van der Waals surface area contributed by atoms with Gasteiger partial charge in [-0.05, 0) is 42.3 Å². The Morgan fingerprint density at radius 2 is 1.57 bits per heavy atom. The fourth-order valence-corrected chi connectivity index (χ4v) is 5.29. The molecule has 0 aliphatic heterocycles. The summed E-state index contributed by atoms with van der Waals surface area (Å²) >= 11 is 12.5. The number of hydrogen-bond acceptors (Lipinski definition) is 4. The first-order chi connectivity index (χ1) is 17.6. The topological polar surface area (TPSA) is 86.8 Å². The monoisotopic (exact) mass is 561 g/mol. The van der Waals surface area contributed by atoms with Gasteiger partial charge in [0.25, 0.3) is 0 Å². The number of halogens is 2. The molecular weight excluding hydrogens is 533 g/mol. The Kier molecular flexibility index (Phi) is 9.97. The molecule has 1 N–H and O–H groups in total. The molecule has 7 nitrogen and oxygen atoms in total. The number of amides is 2.